The Labute approximate surface area is 152 Å². The summed E-state index contributed by atoms with van der Waals surface area (Å²) in [5.41, 5.74) is 2.23. The molecule has 2 aromatic carbocycles. The van der Waals surface area contributed by atoms with E-state index in [4.69, 9.17) is 9.47 Å². The number of piperidine rings is 1. The third-order valence-electron chi connectivity index (χ3n) is 5.55. The SMILES string of the molecule is COc1ccc2c(c1)OC1(CCNCC1)CC2c1cccc(C(=O)O)c1. The van der Waals surface area contributed by atoms with Gasteiger partial charge in [0.15, 0.2) is 0 Å². The summed E-state index contributed by atoms with van der Waals surface area (Å²) in [6, 6.07) is 13.2. The summed E-state index contributed by atoms with van der Waals surface area (Å²) in [7, 11) is 1.65. The van der Waals surface area contributed by atoms with Gasteiger partial charge in [-0.15, -0.1) is 0 Å². The Morgan fingerprint density at radius 3 is 2.77 bits per heavy atom. The molecule has 2 aromatic rings. The van der Waals surface area contributed by atoms with Crippen LogP contribution in [0.25, 0.3) is 0 Å². The minimum Gasteiger partial charge on any atom is -0.497 e. The van der Waals surface area contributed by atoms with Crippen LogP contribution >= 0.6 is 0 Å². The van der Waals surface area contributed by atoms with Crippen molar-refractivity contribution in [2.24, 2.45) is 0 Å². The lowest BCUT2D eigenvalue weighted by Gasteiger charge is -2.45. The van der Waals surface area contributed by atoms with E-state index >= 15 is 0 Å². The average Bonchev–Trinajstić information content (AvgIpc) is 2.67. The highest BCUT2D eigenvalue weighted by molar-refractivity contribution is 5.87. The van der Waals surface area contributed by atoms with E-state index in [1.54, 1.807) is 19.2 Å². The van der Waals surface area contributed by atoms with Gasteiger partial charge in [-0.05, 0) is 56.1 Å². The zero-order valence-corrected chi connectivity index (χ0v) is 14.8. The van der Waals surface area contributed by atoms with Crippen LogP contribution < -0.4 is 14.8 Å². The van der Waals surface area contributed by atoms with Crippen molar-refractivity contribution in [3.8, 4) is 11.5 Å². The second kappa shape index (κ2) is 6.65. The van der Waals surface area contributed by atoms with E-state index in [2.05, 4.69) is 5.32 Å². The highest BCUT2D eigenvalue weighted by Gasteiger charge is 2.42. The Hall–Kier alpha value is -2.53. The van der Waals surface area contributed by atoms with E-state index in [9.17, 15) is 9.90 Å². The number of carbonyl (C=O) groups is 1. The quantitative estimate of drug-likeness (QED) is 0.885. The lowest BCUT2D eigenvalue weighted by molar-refractivity contribution is 0.0112. The third-order valence-corrected chi connectivity index (χ3v) is 5.55. The highest BCUT2D eigenvalue weighted by Crippen LogP contribution is 2.48. The Morgan fingerprint density at radius 2 is 2.04 bits per heavy atom. The van der Waals surface area contributed by atoms with Crippen LogP contribution in [-0.4, -0.2) is 36.9 Å². The first kappa shape index (κ1) is 16.9. The molecular weight excluding hydrogens is 330 g/mol. The molecule has 2 heterocycles. The predicted octanol–water partition coefficient (Wildman–Crippen LogP) is 3.43. The van der Waals surface area contributed by atoms with Gasteiger partial charge in [0, 0.05) is 17.5 Å². The molecular formula is C21H23NO4. The Morgan fingerprint density at radius 1 is 1.23 bits per heavy atom. The largest absolute Gasteiger partial charge is 0.497 e. The maximum atomic E-state index is 11.4. The van der Waals surface area contributed by atoms with Gasteiger partial charge >= 0.3 is 5.97 Å². The van der Waals surface area contributed by atoms with Gasteiger partial charge in [0.25, 0.3) is 0 Å². The van der Waals surface area contributed by atoms with Gasteiger partial charge < -0.3 is 19.9 Å². The van der Waals surface area contributed by atoms with Gasteiger partial charge in [0.05, 0.1) is 12.7 Å². The van der Waals surface area contributed by atoms with E-state index in [1.807, 2.05) is 30.3 Å². The van der Waals surface area contributed by atoms with Gasteiger partial charge in [-0.2, -0.15) is 0 Å². The Bertz CT molecular complexity index is 827. The van der Waals surface area contributed by atoms with Crippen LogP contribution in [0.5, 0.6) is 11.5 Å². The average molecular weight is 353 g/mol. The summed E-state index contributed by atoms with van der Waals surface area (Å²) in [6.07, 6.45) is 2.74. The monoisotopic (exact) mass is 353 g/mol. The second-order valence-corrected chi connectivity index (χ2v) is 7.13. The topological polar surface area (TPSA) is 67.8 Å². The summed E-state index contributed by atoms with van der Waals surface area (Å²) in [4.78, 5) is 11.4. The summed E-state index contributed by atoms with van der Waals surface area (Å²) in [6.45, 7) is 1.86. The van der Waals surface area contributed by atoms with Gasteiger partial charge in [-0.3, -0.25) is 0 Å². The number of carboxylic acids is 1. The van der Waals surface area contributed by atoms with Crippen molar-refractivity contribution in [1.29, 1.82) is 0 Å². The molecule has 0 amide bonds. The first-order valence-electron chi connectivity index (χ1n) is 9.01. The van der Waals surface area contributed by atoms with Crippen molar-refractivity contribution in [2.75, 3.05) is 20.2 Å². The molecule has 1 saturated heterocycles. The number of fused-ring (bicyclic) bond motifs is 1. The maximum Gasteiger partial charge on any atom is 0.335 e. The van der Waals surface area contributed by atoms with Crippen LogP contribution in [0.2, 0.25) is 0 Å². The van der Waals surface area contributed by atoms with Crippen molar-refractivity contribution in [3.63, 3.8) is 0 Å². The molecule has 1 fully saturated rings. The lowest BCUT2D eigenvalue weighted by Crippen LogP contribution is -2.49. The molecule has 1 spiro atoms. The van der Waals surface area contributed by atoms with Crippen LogP contribution in [-0.2, 0) is 0 Å². The second-order valence-electron chi connectivity index (χ2n) is 7.13. The molecule has 5 heteroatoms. The third kappa shape index (κ3) is 3.03. The van der Waals surface area contributed by atoms with E-state index in [-0.39, 0.29) is 11.5 Å². The Kier molecular flexibility index (Phi) is 4.32. The van der Waals surface area contributed by atoms with E-state index in [0.717, 1.165) is 55.0 Å². The van der Waals surface area contributed by atoms with E-state index in [0.29, 0.717) is 5.56 Å². The molecule has 26 heavy (non-hydrogen) atoms. The smallest absolute Gasteiger partial charge is 0.335 e. The minimum atomic E-state index is -0.898. The molecule has 136 valence electrons. The van der Waals surface area contributed by atoms with Crippen LogP contribution in [0.4, 0.5) is 0 Å². The molecule has 1 unspecified atom stereocenters. The zero-order chi connectivity index (χ0) is 18.1. The van der Waals surface area contributed by atoms with Crippen molar-refractivity contribution in [1.82, 2.24) is 5.32 Å². The first-order valence-corrected chi connectivity index (χ1v) is 9.01. The molecule has 2 N–H and O–H groups in total. The van der Waals surface area contributed by atoms with Gasteiger partial charge in [0.1, 0.15) is 17.1 Å². The van der Waals surface area contributed by atoms with Crippen LogP contribution in [0.3, 0.4) is 0 Å². The number of nitrogens with one attached hydrogen (secondary N) is 1. The number of hydrogen-bond acceptors (Lipinski definition) is 4. The van der Waals surface area contributed by atoms with Crippen LogP contribution in [0.15, 0.2) is 42.5 Å². The summed E-state index contributed by atoms with van der Waals surface area (Å²) >= 11 is 0. The molecule has 0 saturated carbocycles. The number of hydrogen-bond donors (Lipinski definition) is 2. The number of ether oxygens (including phenoxy) is 2. The molecule has 0 radical (unpaired) electrons. The molecule has 2 aliphatic rings. The molecule has 2 aliphatic heterocycles. The van der Waals surface area contributed by atoms with E-state index < -0.39 is 5.97 Å². The maximum absolute atomic E-state index is 11.4. The number of methoxy groups -OCH3 is 1. The van der Waals surface area contributed by atoms with Gasteiger partial charge in [-0.1, -0.05) is 18.2 Å². The molecule has 0 aliphatic carbocycles. The Balaban J connectivity index is 1.80. The summed E-state index contributed by atoms with van der Waals surface area (Å²) < 4.78 is 11.9. The number of benzene rings is 2. The standard InChI is InChI=1S/C21H23NO4/c1-25-16-5-6-17-18(14-3-2-4-15(11-14)20(23)24)13-21(26-19(17)12-16)7-9-22-10-8-21/h2-6,11-12,18,22H,7-10,13H2,1H3,(H,23,24). The zero-order valence-electron chi connectivity index (χ0n) is 14.8. The molecule has 1 atom stereocenters. The minimum absolute atomic E-state index is 0.113. The molecule has 5 nitrogen and oxygen atoms in total. The fourth-order valence-electron chi connectivity index (χ4n) is 4.15. The van der Waals surface area contributed by atoms with Gasteiger partial charge in [-0.25, -0.2) is 4.79 Å². The molecule has 0 bridgehead atoms. The molecule has 0 aromatic heterocycles. The van der Waals surface area contributed by atoms with Crippen molar-refractivity contribution < 1.29 is 19.4 Å². The van der Waals surface area contributed by atoms with Crippen molar-refractivity contribution in [3.05, 3.63) is 59.2 Å². The fourth-order valence-corrected chi connectivity index (χ4v) is 4.15. The van der Waals surface area contributed by atoms with Crippen molar-refractivity contribution in [2.45, 2.75) is 30.8 Å². The molecule has 4 rings (SSSR count). The van der Waals surface area contributed by atoms with E-state index in [1.165, 1.54) is 0 Å². The summed E-state index contributed by atoms with van der Waals surface area (Å²) in [5, 5.41) is 12.8. The normalized spacial score (nSPS) is 20.9. The first-order chi connectivity index (χ1) is 12.6. The van der Waals surface area contributed by atoms with Crippen LogP contribution in [0, 0.1) is 0 Å². The van der Waals surface area contributed by atoms with Gasteiger partial charge in [0.2, 0.25) is 0 Å². The van der Waals surface area contributed by atoms with Crippen LogP contribution in [0.1, 0.15) is 46.7 Å². The number of rotatable bonds is 3. The predicted molar refractivity (Wildman–Crippen MR) is 98.3 cm³/mol. The summed E-state index contributed by atoms with van der Waals surface area (Å²) in [5.74, 6) is 0.837. The number of carboxylic acid groups (broad SMARTS) is 1. The number of aromatic carboxylic acids is 1. The lowest BCUT2D eigenvalue weighted by atomic mass is 9.75. The highest BCUT2D eigenvalue weighted by atomic mass is 16.5. The fraction of sp³-hybridized carbons (Fsp3) is 0.381. The van der Waals surface area contributed by atoms with Crippen molar-refractivity contribution >= 4 is 5.97 Å².